The number of rotatable bonds is 3. The number of benzene rings is 1. The molecule has 0 N–H and O–H groups in total. The van der Waals surface area contributed by atoms with Crippen LogP contribution in [0.5, 0.6) is 0 Å². The fourth-order valence-electron chi connectivity index (χ4n) is 2.56. The van der Waals surface area contributed by atoms with Crippen LogP contribution in [-0.2, 0) is 10.0 Å². The molecule has 2 heterocycles. The molecule has 1 aromatic carbocycles. The Morgan fingerprint density at radius 1 is 1.12 bits per heavy atom. The van der Waals surface area contributed by atoms with Gasteiger partial charge in [-0.05, 0) is 46.6 Å². The number of hydrogen-bond acceptors (Lipinski definition) is 5. The lowest BCUT2D eigenvalue weighted by Crippen LogP contribution is -2.49. The Balaban J connectivity index is 1.75. The quantitative estimate of drug-likeness (QED) is 0.699. The van der Waals surface area contributed by atoms with Crippen LogP contribution in [0.15, 0.2) is 39.8 Å². The van der Waals surface area contributed by atoms with Crippen LogP contribution in [0.25, 0.3) is 0 Å². The van der Waals surface area contributed by atoms with Crippen LogP contribution in [0.1, 0.15) is 5.56 Å². The van der Waals surface area contributed by atoms with Gasteiger partial charge in [-0.1, -0.05) is 17.7 Å². The lowest BCUT2D eigenvalue weighted by atomic mass is 10.2. The third-order valence-electron chi connectivity index (χ3n) is 3.89. The molecule has 0 aliphatic carbocycles. The minimum atomic E-state index is -3.47. The second-order valence-corrected chi connectivity index (χ2v) is 8.65. The molecule has 0 unspecified atom stereocenters. The smallest absolute Gasteiger partial charge is 0.243 e. The number of anilines is 1. The van der Waals surface area contributed by atoms with Gasteiger partial charge in [0, 0.05) is 32.4 Å². The van der Waals surface area contributed by atoms with Crippen molar-refractivity contribution in [3.05, 3.63) is 45.8 Å². The van der Waals surface area contributed by atoms with Crippen LogP contribution >= 0.6 is 27.5 Å². The van der Waals surface area contributed by atoms with Gasteiger partial charge in [-0.15, -0.1) is 0 Å². The van der Waals surface area contributed by atoms with Crippen molar-refractivity contribution in [2.75, 3.05) is 31.1 Å². The molecule has 2 aromatic rings. The van der Waals surface area contributed by atoms with Gasteiger partial charge in [-0.3, -0.25) is 0 Å². The van der Waals surface area contributed by atoms with E-state index in [9.17, 15) is 8.42 Å². The highest BCUT2D eigenvalue weighted by Crippen LogP contribution is 2.26. The Bertz CT molecular complexity index is 837. The Morgan fingerprint density at radius 2 is 1.75 bits per heavy atom. The van der Waals surface area contributed by atoms with E-state index in [1.54, 1.807) is 18.3 Å². The van der Waals surface area contributed by atoms with E-state index in [0.29, 0.717) is 36.9 Å². The van der Waals surface area contributed by atoms with Crippen molar-refractivity contribution in [1.29, 1.82) is 0 Å². The first-order valence-electron chi connectivity index (χ1n) is 7.38. The summed E-state index contributed by atoms with van der Waals surface area (Å²) in [5.74, 6) is 0.683. The molecular formula is C15H16BrClN4O2S. The predicted molar refractivity (Wildman–Crippen MR) is 96.9 cm³/mol. The molecule has 1 saturated heterocycles. The van der Waals surface area contributed by atoms with Crippen molar-refractivity contribution in [2.24, 2.45) is 0 Å². The summed E-state index contributed by atoms with van der Waals surface area (Å²) in [5.41, 5.74) is 1.03. The summed E-state index contributed by atoms with van der Waals surface area (Å²) in [5, 5.41) is 0.169. The van der Waals surface area contributed by atoms with E-state index >= 15 is 0 Å². The van der Waals surface area contributed by atoms with Gasteiger partial charge in [0.25, 0.3) is 0 Å². The maximum atomic E-state index is 12.7. The maximum Gasteiger partial charge on any atom is 0.243 e. The Kier molecular flexibility index (Phi) is 5.10. The summed E-state index contributed by atoms with van der Waals surface area (Å²) in [4.78, 5) is 10.5. The fraction of sp³-hybridized carbons (Fsp3) is 0.333. The molecule has 0 amide bonds. The zero-order valence-corrected chi connectivity index (χ0v) is 16.1. The van der Waals surface area contributed by atoms with Gasteiger partial charge >= 0.3 is 0 Å². The van der Waals surface area contributed by atoms with Crippen LogP contribution in [0.2, 0.25) is 5.28 Å². The number of halogens is 2. The van der Waals surface area contributed by atoms with Gasteiger partial charge < -0.3 is 4.90 Å². The molecule has 3 rings (SSSR count). The first kappa shape index (κ1) is 17.6. The van der Waals surface area contributed by atoms with Gasteiger partial charge in [-0.2, -0.15) is 9.29 Å². The summed E-state index contributed by atoms with van der Waals surface area (Å²) >= 11 is 9.26. The van der Waals surface area contributed by atoms with Crippen LogP contribution in [-0.4, -0.2) is 48.9 Å². The summed E-state index contributed by atoms with van der Waals surface area (Å²) < 4.78 is 27.7. The highest BCUT2D eigenvalue weighted by atomic mass is 79.9. The van der Waals surface area contributed by atoms with Crippen LogP contribution in [0.3, 0.4) is 0 Å². The van der Waals surface area contributed by atoms with Gasteiger partial charge in [0.1, 0.15) is 5.82 Å². The van der Waals surface area contributed by atoms with Gasteiger partial charge in [0.15, 0.2) is 0 Å². The second kappa shape index (κ2) is 6.95. The van der Waals surface area contributed by atoms with Crippen molar-refractivity contribution in [1.82, 2.24) is 14.3 Å². The molecule has 6 nitrogen and oxygen atoms in total. The number of hydrogen-bond donors (Lipinski definition) is 0. The number of piperazine rings is 1. The molecule has 0 saturated carbocycles. The Morgan fingerprint density at radius 3 is 2.38 bits per heavy atom. The number of sulfonamides is 1. The average molecular weight is 432 g/mol. The van der Waals surface area contributed by atoms with E-state index in [1.807, 2.05) is 24.0 Å². The average Bonchev–Trinajstić information content (AvgIpc) is 2.57. The molecule has 1 aromatic heterocycles. The number of aryl methyl sites for hydroxylation is 1. The monoisotopic (exact) mass is 430 g/mol. The lowest BCUT2D eigenvalue weighted by molar-refractivity contribution is 0.383. The van der Waals surface area contributed by atoms with Crippen molar-refractivity contribution in [2.45, 2.75) is 11.8 Å². The van der Waals surface area contributed by atoms with Crippen LogP contribution in [0, 0.1) is 6.92 Å². The minimum Gasteiger partial charge on any atom is -0.353 e. The molecule has 0 atom stereocenters. The van der Waals surface area contributed by atoms with Crippen molar-refractivity contribution < 1.29 is 8.42 Å². The second-order valence-electron chi connectivity index (χ2n) is 5.51. The van der Waals surface area contributed by atoms with E-state index in [1.165, 1.54) is 4.31 Å². The molecular weight excluding hydrogens is 416 g/mol. The van der Waals surface area contributed by atoms with E-state index in [4.69, 9.17) is 11.6 Å². The van der Waals surface area contributed by atoms with Crippen molar-refractivity contribution >= 4 is 43.4 Å². The van der Waals surface area contributed by atoms with E-state index < -0.39 is 10.0 Å². The van der Waals surface area contributed by atoms with E-state index in [0.717, 1.165) is 10.0 Å². The highest BCUT2D eigenvalue weighted by Gasteiger charge is 2.29. The zero-order valence-electron chi connectivity index (χ0n) is 13.0. The molecule has 9 heteroatoms. The third kappa shape index (κ3) is 3.56. The van der Waals surface area contributed by atoms with Gasteiger partial charge in [-0.25, -0.2) is 13.4 Å². The molecule has 24 heavy (non-hydrogen) atoms. The normalized spacial score (nSPS) is 16.4. The summed E-state index contributed by atoms with van der Waals surface area (Å²) in [6.45, 7) is 3.79. The minimum absolute atomic E-state index is 0.169. The topological polar surface area (TPSA) is 66.4 Å². The molecule has 0 radical (unpaired) electrons. The molecule has 128 valence electrons. The Hall–Kier alpha value is -1.22. The standard InChI is InChI=1S/C15H16BrClN4O2S/c1-11-2-4-12(5-3-11)24(22,23)21-8-6-20(7-9-21)14-13(16)10-18-15(17)19-14/h2-5,10H,6-9H2,1H3. The van der Waals surface area contributed by atoms with E-state index in [-0.39, 0.29) is 5.28 Å². The summed E-state index contributed by atoms with van der Waals surface area (Å²) in [6, 6.07) is 6.92. The first-order valence-corrected chi connectivity index (χ1v) is 9.99. The maximum absolute atomic E-state index is 12.7. The summed E-state index contributed by atoms with van der Waals surface area (Å²) in [6.07, 6.45) is 1.60. The highest BCUT2D eigenvalue weighted by molar-refractivity contribution is 9.10. The van der Waals surface area contributed by atoms with E-state index in [2.05, 4.69) is 25.9 Å². The fourth-order valence-corrected chi connectivity index (χ4v) is 4.55. The molecule has 1 aliphatic rings. The number of nitrogens with zero attached hydrogens (tertiary/aromatic N) is 4. The molecule has 1 fully saturated rings. The van der Waals surface area contributed by atoms with Crippen LogP contribution in [0.4, 0.5) is 5.82 Å². The third-order valence-corrected chi connectivity index (χ3v) is 6.55. The largest absolute Gasteiger partial charge is 0.353 e. The first-order chi connectivity index (χ1) is 11.4. The van der Waals surface area contributed by atoms with Crippen LogP contribution < -0.4 is 4.90 Å². The molecule has 0 bridgehead atoms. The number of aromatic nitrogens is 2. The zero-order chi connectivity index (χ0) is 17.3. The SMILES string of the molecule is Cc1ccc(S(=O)(=O)N2CCN(c3nc(Cl)ncc3Br)CC2)cc1. The molecule has 1 aliphatic heterocycles. The predicted octanol–water partition coefficient (Wildman–Crippen LogP) is 2.71. The lowest BCUT2D eigenvalue weighted by Gasteiger charge is -2.35. The van der Waals surface area contributed by atoms with Gasteiger partial charge in [0.2, 0.25) is 15.3 Å². The Labute approximate surface area is 154 Å². The van der Waals surface area contributed by atoms with Crippen molar-refractivity contribution in [3.8, 4) is 0 Å². The molecule has 0 spiro atoms. The van der Waals surface area contributed by atoms with Gasteiger partial charge in [0.05, 0.1) is 9.37 Å². The summed E-state index contributed by atoms with van der Waals surface area (Å²) in [7, 11) is -3.47. The van der Waals surface area contributed by atoms with Crippen molar-refractivity contribution in [3.63, 3.8) is 0 Å².